The highest BCUT2D eigenvalue weighted by molar-refractivity contribution is 6.08. The third kappa shape index (κ3) is 4.43. The number of ether oxygens (including phenoxy) is 4. The predicted octanol–water partition coefficient (Wildman–Crippen LogP) is 4.67. The molecule has 4 bridgehead atoms. The van der Waals surface area contributed by atoms with Crippen LogP contribution in [0.1, 0.15) is 74.1 Å². The van der Waals surface area contributed by atoms with Gasteiger partial charge in [0.2, 0.25) is 0 Å². The summed E-state index contributed by atoms with van der Waals surface area (Å²) >= 11 is 0. The average Bonchev–Trinajstić information content (AvgIpc) is 3.53. The van der Waals surface area contributed by atoms with Crippen molar-refractivity contribution in [1.29, 1.82) is 0 Å². The molecule has 0 aliphatic heterocycles. The number of anilines is 1. The maximum Gasteiger partial charge on any atom is 0.340 e. The maximum atomic E-state index is 14.5. The molecule has 6 unspecified atom stereocenters. The zero-order valence-corrected chi connectivity index (χ0v) is 29.6. The molecule has 5 fully saturated rings. The van der Waals surface area contributed by atoms with Crippen molar-refractivity contribution in [1.82, 2.24) is 0 Å². The summed E-state index contributed by atoms with van der Waals surface area (Å²) in [5, 5.41) is 28.6. The molecule has 266 valence electrons. The first-order valence-electron chi connectivity index (χ1n) is 17.8. The lowest BCUT2D eigenvalue weighted by Gasteiger charge is -2.67. The van der Waals surface area contributed by atoms with E-state index in [0.717, 1.165) is 0 Å². The van der Waals surface area contributed by atoms with Crippen molar-refractivity contribution in [2.45, 2.75) is 88.4 Å². The standard InChI is InChI=1S/C39H52N2O8/c1-20-19-37(44)27-17-30-36(4,49-35(43)25-10-8-9-11-29(25)41-34(42)23-12-14-24(46-5)15-13-23)28(22(3)40)18-32(47-6)38(30,21(27)2)31-16-26(20)33(48-7)39(31,37)45/h8-15,20-22,26-28,30-33,44-45H,16-19,40H2,1-7H3,(H,41,42)/t20-,21+,22+,26+,27?,28?,30?,31?,32-,33-,36?,37-,38?,39-/m0/s1. The van der Waals surface area contributed by atoms with E-state index in [1.807, 2.05) is 13.8 Å². The van der Waals surface area contributed by atoms with Crippen LogP contribution in [0.15, 0.2) is 48.5 Å². The average molecular weight is 677 g/mol. The number of aliphatic hydroxyl groups is 2. The van der Waals surface area contributed by atoms with Crippen LogP contribution in [0.4, 0.5) is 5.69 Å². The summed E-state index contributed by atoms with van der Waals surface area (Å²) in [5.41, 5.74) is 3.22. The number of methoxy groups -OCH3 is 3. The van der Waals surface area contributed by atoms with Crippen LogP contribution in [0.3, 0.4) is 0 Å². The Kier molecular flexibility index (Phi) is 8.27. The van der Waals surface area contributed by atoms with Gasteiger partial charge < -0.3 is 40.2 Å². The Labute approximate surface area is 289 Å². The lowest BCUT2D eigenvalue weighted by molar-refractivity contribution is -0.323. The van der Waals surface area contributed by atoms with Crippen LogP contribution in [0.2, 0.25) is 0 Å². The number of amides is 1. The number of hydrogen-bond acceptors (Lipinski definition) is 9. The van der Waals surface area contributed by atoms with Crippen LogP contribution in [-0.2, 0) is 14.2 Å². The Morgan fingerprint density at radius 1 is 0.959 bits per heavy atom. The molecule has 7 rings (SSSR count). The number of rotatable bonds is 8. The minimum atomic E-state index is -1.47. The Morgan fingerprint density at radius 2 is 1.65 bits per heavy atom. The topological polar surface area (TPSA) is 150 Å². The Bertz CT molecular complexity index is 1620. The van der Waals surface area contributed by atoms with Crippen molar-refractivity contribution in [2.24, 2.45) is 52.6 Å². The van der Waals surface area contributed by atoms with Gasteiger partial charge in [-0.15, -0.1) is 0 Å². The SMILES string of the molecule is COc1ccc(C(=O)Nc2ccccc2C(=O)OC2(C)C([C@@H](C)N)C[C@H](OC)C34C2CC([C@H]3C)[C@@]2(O)C[C@H](C)[C@H]3CC4[C@]2(O)[C@H]3OC)cc1. The lowest BCUT2D eigenvalue weighted by Crippen LogP contribution is -2.77. The van der Waals surface area contributed by atoms with Crippen LogP contribution in [0.25, 0.3) is 0 Å². The van der Waals surface area contributed by atoms with Gasteiger partial charge in [0.05, 0.1) is 36.2 Å². The number of carbonyl (C=O) groups excluding carboxylic acids is 2. The number of fused-ring (bicyclic) bond motifs is 3. The van der Waals surface area contributed by atoms with Crippen molar-refractivity contribution >= 4 is 17.6 Å². The molecule has 1 amide bonds. The molecule has 0 radical (unpaired) electrons. The number of para-hydroxylation sites is 1. The molecule has 0 heterocycles. The molecule has 0 saturated heterocycles. The Balaban J connectivity index is 1.29. The van der Waals surface area contributed by atoms with E-state index >= 15 is 0 Å². The summed E-state index contributed by atoms with van der Waals surface area (Å²) in [7, 11) is 4.93. The zero-order valence-electron chi connectivity index (χ0n) is 29.6. The molecule has 5 aliphatic rings. The first kappa shape index (κ1) is 34.4. The maximum absolute atomic E-state index is 14.5. The van der Waals surface area contributed by atoms with Crippen LogP contribution >= 0.6 is 0 Å². The van der Waals surface area contributed by atoms with Gasteiger partial charge in [0, 0.05) is 49.0 Å². The van der Waals surface area contributed by atoms with E-state index in [9.17, 15) is 19.8 Å². The highest BCUT2D eigenvalue weighted by Crippen LogP contribution is 2.79. The second-order valence-electron chi connectivity index (χ2n) is 16.0. The summed E-state index contributed by atoms with van der Waals surface area (Å²) in [4.78, 5) is 27.7. The van der Waals surface area contributed by atoms with Crippen molar-refractivity contribution in [2.75, 3.05) is 26.6 Å². The summed E-state index contributed by atoms with van der Waals surface area (Å²) < 4.78 is 24.5. The molecule has 5 aliphatic carbocycles. The largest absolute Gasteiger partial charge is 0.497 e. The second-order valence-corrected chi connectivity index (χ2v) is 16.0. The summed E-state index contributed by atoms with van der Waals surface area (Å²) in [5.74, 6) is -1.21. The van der Waals surface area contributed by atoms with Crippen molar-refractivity contribution < 1.29 is 38.7 Å². The van der Waals surface area contributed by atoms with Gasteiger partial charge in [-0.05, 0) is 99.6 Å². The monoisotopic (exact) mass is 676 g/mol. The smallest absolute Gasteiger partial charge is 0.340 e. The second kappa shape index (κ2) is 11.8. The van der Waals surface area contributed by atoms with Crippen molar-refractivity contribution in [3.05, 3.63) is 59.7 Å². The number of esters is 1. The number of hydrogen-bond donors (Lipinski definition) is 4. The molecule has 10 heteroatoms. The molecular formula is C39H52N2O8. The van der Waals surface area contributed by atoms with E-state index in [0.29, 0.717) is 42.7 Å². The van der Waals surface area contributed by atoms with E-state index < -0.39 is 34.3 Å². The molecule has 49 heavy (non-hydrogen) atoms. The van der Waals surface area contributed by atoms with Crippen LogP contribution in [0.5, 0.6) is 5.75 Å². The van der Waals surface area contributed by atoms with Crippen molar-refractivity contribution in [3.63, 3.8) is 0 Å². The molecule has 5 N–H and O–H groups in total. The first-order chi connectivity index (χ1) is 23.2. The summed E-state index contributed by atoms with van der Waals surface area (Å²) in [6.45, 7) is 8.31. The third-order valence-corrected chi connectivity index (χ3v) is 14.3. The van der Waals surface area contributed by atoms with E-state index in [1.165, 1.54) is 0 Å². The number of nitrogens with two attached hydrogens (primary N) is 1. The molecular weight excluding hydrogens is 624 g/mol. The van der Waals surface area contributed by atoms with Gasteiger partial charge in [-0.3, -0.25) is 4.79 Å². The highest BCUT2D eigenvalue weighted by atomic mass is 16.6. The van der Waals surface area contributed by atoms with Gasteiger partial charge >= 0.3 is 5.97 Å². The number of nitrogens with one attached hydrogen (secondary N) is 1. The summed E-state index contributed by atoms with van der Waals surface area (Å²) in [6.07, 6.45) is 1.49. The fourth-order valence-corrected chi connectivity index (χ4v) is 12.4. The lowest BCUT2D eigenvalue weighted by atomic mass is 9.42. The van der Waals surface area contributed by atoms with E-state index in [4.69, 9.17) is 24.7 Å². The first-order valence-corrected chi connectivity index (χ1v) is 17.8. The molecule has 2 aromatic rings. The number of benzene rings is 2. The van der Waals surface area contributed by atoms with Crippen LogP contribution in [-0.4, -0.2) is 78.5 Å². The van der Waals surface area contributed by atoms with Gasteiger partial charge in [0.15, 0.2) is 0 Å². The van der Waals surface area contributed by atoms with Gasteiger partial charge in [0.25, 0.3) is 5.91 Å². The number of carbonyl (C=O) groups is 2. The Morgan fingerprint density at radius 3 is 2.29 bits per heavy atom. The predicted molar refractivity (Wildman–Crippen MR) is 183 cm³/mol. The Hall–Kier alpha value is -3.02. The van der Waals surface area contributed by atoms with E-state index in [1.54, 1.807) is 69.9 Å². The minimum Gasteiger partial charge on any atom is -0.497 e. The minimum absolute atomic E-state index is 0.0255. The molecule has 14 atom stereocenters. The van der Waals surface area contributed by atoms with Crippen LogP contribution in [0, 0.1) is 46.8 Å². The molecule has 5 saturated carbocycles. The normalized spacial score (nSPS) is 43.8. The molecule has 2 aromatic carbocycles. The summed E-state index contributed by atoms with van der Waals surface area (Å²) in [6, 6.07) is 13.2. The van der Waals surface area contributed by atoms with Gasteiger partial charge in [-0.2, -0.15) is 0 Å². The van der Waals surface area contributed by atoms with Crippen molar-refractivity contribution in [3.8, 4) is 5.75 Å². The third-order valence-electron chi connectivity index (χ3n) is 14.3. The molecule has 10 nitrogen and oxygen atoms in total. The fourth-order valence-electron chi connectivity index (χ4n) is 12.4. The molecule has 1 spiro atoms. The highest BCUT2D eigenvalue weighted by Gasteiger charge is 2.86. The van der Waals surface area contributed by atoms with Gasteiger partial charge in [-0.25, -0.2) is 4.79 Å². The van der Waals surface area contributed by atoms with Gasteiger partial charge in [-0.1, -0.05) is 26.0 Å². The quantitative estimate of drug-likeness (QED) is 0.293. The molecule has 0 aromatic heterocycles. The fraction of sp³-hybridized carbons (Fsp3) is 0.641. The van der Waals surface area contributed by atoms with E-state index in [-0.39, 0.29) is 65.0 Å². The van der Waals surface area contributed by atoms with Gasteiger partial charge in [0.1, 0.15) is 17.0 Å². The zero-order chi connectivity index (χ0) is 35.3. The van der Waals surface area contributed by atoms with E-state index in [2.05, 4.69) is 19.2 Å². The van der Waals surface area contributed by atoms with Crippen LogP contribution < -0.4 is 15.8 Å².